The summed E-state index contributed by atoms with van der Waals surface area (Å²) < 4.78 is 0. The molecular weight excluding hydrogens is 316 g/mol. The largest absolute Gasteiger partial charge is 0.481 e. The fourth-order valence-electron chi connectivity index (χ4n) is 2.82. The SMILES string of the molecule is CN(CC(=O)N1CCCC(CCC(=O)O)C1)C(=O)c1cccs1. The number of piperidine rings is 1. The second-order valence-electron chi connectivity index (χ2n) is 5.92. The lowest BCUT2D eigenvalue weighted by Gasteiger charge is -2.33. The Bertz CT molecular complexity index is 558. The maximum atomic E-state index is 12.4. The van der Waals surface area contributed by atoms with Gasteiger partial charge in [-0.05, 0) is 36.6 Å². The van der Waals surface area contributed by atoms with Crippen LogP contribution in [-0.2, 0) is 9.59 Å². The molecule has 0 aliphatic carbocycles. The van der Waals surface area contributed by atoms with Crippen LogP contribution in [0, 0.1) is 5.92 Å². The number of rotatable bonds is 6. The standard InChI is InChI=1S/C16H22N2O4S/c1-17(16(22)13-5-3-9-23-13)11-14(19)18-8-2-4-12(10-18)6-7-15(20)21/h3,5,9,12H,2,4,6-8,10-11H2,1H3,(H,20,21). The van der Waals surface area contributed by atoms with Gasteiger partial charge in [0.25, 0.3) is 5.91 Å². The summed E-state index contributed by atoms with van der Waals surface area (Å²) in [6.07, 6.45) is 2.59. The van der Waals surface area contributed by atoms with E-state index in [1.165, 1.54) is 16.2 Å². The van der Waals surface area contributed by atoms with Crippen molar-refractivity contribution in [1.82, 2.24) is 9.80 Å². The van der Waals surface area contributed by atoms with Gasteiger partial charge in [0.2, 0.25) is 5.91 Å². The van der Waals surface area contributed by atoms with E-state index in [0.717, 1.165) is 12.8 Å². The number of hydrogen-bond acceptors (Lipinski definition) is 4. The summed E-state index contributed by atoms with van der Waals surface area (Å²) in [7, 11) is 1.63. The van der Waals surface area contributed by atoms with Crippen molar-refractivity contribution in [3.05, 3.63) is 22.4 Å². The van der Waals surface area contributed by atoms with Crippen LogP contribution in [0.25, 0.3) is 0 Å². The van der Waals surface area contributed by atoms with Gasteiger partial charge < -0.3 is 14.9 Å². The van der Waals surface area contributed by atoms with Crippen molar-refractivity contribution >= 4 is 29.1 Å². The van der Waals surface area contributed by atoms with Crippen LogP contribution < -0.4 is 0 Å². The minimum Gasteiger partial charge on any atom is -0.481 e. The number of nitrogens with zero attached hydrogens (tertiary/aromatic N) is 2. The molecule has 2 rings (SSSR count). The summed E-state index contributed by atoms with van der Waals surface area (Å²) >= 11 is 1.36. The Balaban J connectivity index is 1.84. The van der Waals surface area contributed by atoms with Crippen molar-refractivity contribution in [1.29, 1.82) is 0 Å². The zero-order valence-electron chi connectivity index (χ0n) is 13.2. The average Bonchev–Trinajstić information content (AvgIpc) is 3.06. The number of amides is 2. The number of carboxylic acid groups (broad SMARTS) is 1. The predicted octanol–water partition coefficient (Wildman–Crippen LogP) is 1.92. The Morgan fingerprint density at radius 2 is 2.22 bits per heavy atom. The van der Waals surface area contributed by atoms with E-state index >= 15 is 0 Å². The van der Waals surface area contributed by atoms with Crippen LogP contribution >= 0.6 is 11.3 Å². The van der Waals surface area contributed by atoms with E-state index < -0.39 is 5.97 Å². The highest BCUT2D eigenvalue weighted by Crippen LogP contribution is 2.21. The molecule has 1 saturated heterocycles. The Hall–Kier alpha value is -1.89. The number of likely N-dealkylation sites (tertiary alicyclic amines) is 1. The molecule has 0 saturated carbocycles. The van der Waals surface area contributed by atoms with Crippen LogP contribution in [0.4, 0.5) is 0 Å². The predicted molar refractivity (Wildman–Crippen MR) is 87.5 cm³/mol. The van der Waals surface area contributed by atoms with Crippen LogP contribution in [0.3, 0.4) is 0 Å². The van der Waals surface area contributed by atoms with Crippen LogP contribution in [0.15, 0.2) is 17.5 Å². The smallest absolute Gasteiger partial charge is 0.303 e. The summed E-state index contributed by atoms with van der Waals surface area (Å²) in [4.78, 5) is 39.0. The molecule has 0 aromatic carbocycles. The van der Waals surface area contributed by atoms with Crippen molar-refractivity contribution in [3.8, 4) is 0 Å². The summed E-state index contributed by atoms with van der Waals surface area (Å²) in [6, 6.07) is 3.56. The number of thiophene rings is 1. The number of aliphatic carboxylic acids is 1. The van der Waals surface area contributed by atoms with Crippen molar-refractivity contribution < 1.29 is 19.5 Å². The molecule has 1 aliphatic rings. The average molecular weight is 338 g/mol. The van der Waals surface area contributed by atoms with E-state index in [4.69, 9.17) is 5.11 Å². The molecule has 1 atom stereocenters. The lowest BCUT2D eigenvalue weighted by Crippen LogP contribution is -2.45. The highest BCUT2D eigenvalue weighted by atomic mass is 32.1. The Morgan fingerprint density at radius 1 is 1.43 bits per heavy atom. The van der Waals surface area contributed by atoms with E-state index in [1.54, 1.807) is 18.0 Å². The van der Waals surface area contributed by atoms with Crippen molar-refractivity contribution in [2.45, 2.75) is 25.7 Å². The zero-order valence-corrected chi connectivity index (χ0v) is 14.1. The molecule has 1 aliphatic heterocycles. The first-order valence-electron chi connectivity index (χ1n) is 7.76. The van der Waals surface area contributed by atoms with Gasteiger partial charge in [0.05, 0.1) is 11.4 Å². The van der Waals surface area contributed by atoms with Gasteiger partial charge in [-0.3, -0.25) is 14.4 Å². The topological polar surface area (TPSA) is 77.9 Å². The lowest BCUT2D eigenvalue weighted by atomic mass is 9.93. The zero-order chi connectivity index (χ0) is 16.8. The molecule has 1 N–H and O–H groups in total. The maximum Gasteiger partial charge on any atom is 0.303 e. The molecule has 0 spiro atoms. The van der Waals surface area contributed by atoms with Crippen LogP contribution in [0.1, 0.15) is 35.4 Å². The molecule has 2 amide bonds. The lowest BCUT2D eigenvalue weighted by molar-refractivity contribution is -0.137. The monoisotopic (exact) mass is 338 g/mol. The van der Waals surface area contributed by atoms with Gasteiger partial charge in [-0.15, -0.1) is 11.3 Å². The second kappa shape index (κ2) is 8.10. The number of hydrogen-bond donors (Lipinski definition) is 1. The maximum absolute atomic E-state index is 12.4. The van der Waals surface area contributed by atoms with Gasteiger partial charge >= 0.3 is 5.97 Å². The van der Waals surface area contributed by atoms with E-state index in [9.17, 15) is 14.4 Å². The minimum atomic E-state index is -0.797. The molecule has 6 nitrogen and oxygen atoms in total. The van der Waals surface area contributed by atoms with Crippen LogP contribution in [0.2, 0.25) is 0 Å². The number of carboxylic acids is 1. The molecule has 1 fully saturated rings. The van der Waals surface area contributed by atoms with Crippen molar-refractivity contribution in [3.63, 3.8) is 0 Å². The van der Waals surface area contributed by atoms with E-state index in [-0.39, 0.29) is 30.7 Å². The van der Waals surface area contributed by atoms with Gasteiger partial charge in [0.15, 0.2) is 0 Å². The molecule has 2 heterocycles. The first-order chi connectivity index (χ1) is 11.0. The van der Waals surface area contributed by atoms with Gasteiger partial charge in [-0.1, -0.05) is 6.07 Å². The minimum absolute atomic E-state index is 0.0579. The third-order valence-corrected chi connectivity index (χ3v) is 4.95. The molecule has 126 valence electrons. The third kappa shape index (κ3) is 5.06. The van der Waals surface area contributed by atoms with E-state index in [1.807, 2.05) is 11.4 Å². The van der Waals surface area contributed by atoms with Crippen LogP contribution in [0.5, 0.6) is 0 Å². The van der Waals surface area contributed by atoms with Crippen molar-refractivity contribution in [2.24, 2.45) is 5.92 Å². The first kappa shape index (κ1) is 17.5. The highest BCUT2D eigenvalue weighted by Gasteiger charge is 2.25. The normalized spacial score (nSPS) is 17.8. The van der Waals surface area contributed by atoms with Gasteiger partial charge in [-0.25, -0.2) is 0 Å². The quantitative estimate of drug-likeness (QED) is 0.859. The Morgan fingerprint density at radius 3 is 2.87 bits per heavy atom. The third-order valence-electron chi connectivity index (χ3n) is 4.09. The highest BCUT2D eigenvalue weighted by molar-refractivity contribution is 7.12. The fourth-order valence-corrected chi connectivity index (χ4v) is 3.54. The number of likely N-dealkylation sites (N-methyl/N-ethyl adjacent to an activating group) is 1. The molecule has 23 heavy (non-hydrogen) atoms. The van der Waals surface area contributed by atoms with Gasteiger partial charge in [0.1, 0.15) is 0 Å². The summed E-state index contributed by atoms with van der Waals surface area (Å²) in [5.41, 5.74) is 0. The van der Waals surface area contributed by atoms with E-state index in [0.29, 0.717) is 24.4 Å². The molecule has 1 aromatic heterocycles. The number of carbonyl (C=O) groups is 3. The fraction of sp³-hybridized carbons (Fsp3) is 0.562. The van der Waals surface area contributed by atoms with E-state index in [2.05, 4.69) is 0 Å². The summed E-state index contributed by atoms with van der Waals surface area (Å²) in [5.74, 6) is -0.776. The summed E-state index contributed by atoms with van der Waals surface area (Å²) in [5, 5.41) is 10.6. The summed E-state index contributed by atoms with van der Waals surface area (Å²) in [6.45, 7) is 1.33. The molecular formula is C16H22N2O4S. The van der Waals surface area contributed by atoms with Crippen molar-refractivity contribution in [2.75, 3.05) is 26.7 Å². The first-order valence-corrected chi connectivity index (χ1v) is 8.64. The molecule has 1 unspecified atom stereocenters. The Labute approximate surface area is 139 Å². The number of carbonyl (C=O) groups excluding carboxylic acids is 2. The van der Waals surface area contributed by atoms with Gasteiger partial charge in [0, 0.05) is 26.6 Å². The molecule has 0 bridgehead atoms. The molecule has 1 aromatic rings. The van der Waals surface area contributed by atoms with Gasteiger partial charge in [-0.2, -0.15) is 0 Å². The molecule has 7 heteroatoms. The molecule has 0 radical (unpaired) electrons. The second-order valence-corrected chi connectivity index (χ2v) is 6.87. The van der Waals surface area contributed by atoms with Crippen LogP contribution in [-0.4, -0.2) is 59.4 Å². The Kier molecular flexibility index (Phi) is 6.15.